The van der Waals surface area contributed by atoms with Gasteiger partial charge in [0, 0.05) is 34.6 Å². The first-order valence-corrected chi connectivity index (χ1v) is 9.15. The molecule has 0 atom stereocenters. The minimum absolute atomic E-state index is 0.0999. The molecule has 2 heterocycles. The number of carbonyl (C=O) groups excluding carboxylic acids is 1. The number of halogens is 2. The Hall–Kier alpha value is -3.06. The Morgan fingerprint density at radius 3 is 2.67 bits per heavy atom. The number of carbonyl (C=O) groups is 1. The number of thiazole rings is 1. The third-order valence-corrected chi connectivity index (χ3v) is 5.06. The lowest BCUT2D eigenvalue weighted by Gasteiger charge is -2.05. The van der Waals surface area contributed by atoms with Crippen molar-refractivity contribution in [1.82, 2.24) is 9.38 Å². The molecule has 0 aliphatic carbocycles. The number of hydrogen-bond donors (Lipinski definition) is 1. The molecule has 0 radical (unpaired) electrons. The Labute approximate surface area is 158 Å². The number of nitrogens with zero attached hydrogens (tertiary/aromatic N) is 2. The van der Waals surface area contributed by atoms with Crippen molar-refractivity contribution in [3.05, 3.63) is 76.9 Å². The first kappa shape index (κ1) is 17.4. The summed E-state index contributed by atoms with van der Waals surface area (Å²) >= 11 is 1.45. The zero-order chi connectivity index (χ0) is 19.0. The summed E-state index contributed by atoms with van der Waals surface area (Å²) in [6.07, 6.45) is 2.00. The Balaban J connectivity index is 1.54. The van der Waals surface area contributed by atoms with Gasteiger partial charge in [0.1, 0.15) is 0 Å². The van der Waals surface area contributed by atoms with Gasteiger partial charge in [-0.2, -0.15) is 0 Å². The van der Waals surface area contributed by atoms with Gasteiger partial charge >= 0.3 is 0 Å². The fourth-order valence-electron chi connectivity index (χ4n) is 2.76. The topological polar surface area (TPSA) is 46.4 Å². The lowest BCUT2D eigenvalue weighted by Crippen LogP contribution is -2.15. The third kappa shape index (κ3) is 3.59. The van der Waals surface area contributed by atoms with Gasteiger partial charge in [-0.25, -0.2) is 13.8 Å². The highest BCUT2D eigenvalue weighted by Crippen LogP contribution is 2.24. The first-order chi connectivity index (χ1) is 13.0. The Bertz CT molecular complexity index is 1130. The molecule has 0 aliphatic rings. The summed E-state index contributed by atoms with van der Waals surface area (Å²) in [4.78, 5) is 17.7. The SMILES string of the molecule is Cc1ccc(-c2cn3c(CC(=O)Nc4ccc(F)c(F)c4)csc3n2)cc1. The molecule has 0 bridgehead atoms. The minimum atomic E-state index is -0.997. The Morgan fingerprint density at radius 2 is 1.93 bits per heavy atom. The van der Waals surface area contributed by atoms with Crippen molar-refractivity contribution in [1.29, 1.82) is 0 Å². The second-order valence-electron chi connectivity index (χ2n) is 6.23. The summed E-state index contributed by atoms with van der Waals surface area (Å²) in [5.41, 5.74) is 4.02. The normalized spacial score (nSPS) is 11.1. The van der Waals surface area contributed by atoms with E-state index >= 15 is 0 Å². The van der Waals surface area contributed by atoms with Crippen LogP contribution in [0, 0.1) is 18.6 Å². The van der Waals surface area contributed by atoms with E-state index in [4.69, 9.17) is 0 Å². The van der Waals surface area contributed by atoms with Crippen molar-refractivity contribution in [2.75, 3.05) is 5.32 Å². The average Bonchev–Trinajstić information content (AvgIpc) is 3.21. The molecule has 7 heteroatoms. The second-order valence-corrected chi connectivity index (χ2v) is 7.06. The largest absolute Gasteiger partial charge is 0.326 e. The highest BCUT2D eigenvalue weighted by molar-refractivity contribution is 7.15. The zero-order valence-electron chi connectivity index (χ0n) is 14.4. The number of benzene rings is 2. The van der Waals surface area contributed by atoms with Gasteiger partial charge in [0.05, 0.1) is 12.1 Å². The summed E-state index contributed by atoms with van der Waals surface area (Å²) in [6, 6.07) is 11.3. The summed E-state index contributed by atoms with van der Waals surface area (Å²) in [5, 5.41) is 4.45. The molecule has 1 amide bonds. The van der Waals surface area contributed by atoms with E-state index in [1.54, 1.807) is 0 Å². The van der Waals surface area contributed by atoms with Crippen LogP contribution in [0.1, 0.15) is 11.3 Å². The molecular weight excluding hydrogens is 368 g/mol. The summed E-state index contributed by atoms with van der Waals surface area (Å²) in [6.45, 7) is 2.03. The van der Waals surface area contributed by atoms with Crippen molar-refractivity contribution in [2.24, 2.45) is 0 Å². The maximum absolute atomic E-state index is 13.3. The first-order valence-electron chi connectivity index (χ1n) is 8.27. The van der Waals surface area contributed by atoms with Crippen LogP contribution >= 0.6 is 11.3 Å². The van der Waals surface area contributed by atoms with Crippen molar-refractivity contribution in [3.8, 4) is 11.3 Å². The standard InChI is InChI=1S/C20H15F2N3OS/c1-12-2-4-13(5-3-12)18-10-25-15(11-27-20(25)24-18)9-19(26)23-14-6-7-16(21)17(22)8-14/h2-8,10-11H,9H2,1H3,(H,23,26). The summed E-state index contributed by atoms with van der Waals surface area (Å²) in [5.74, 6) is -2.26. The fourth-order valence-corrected chi connectivity index (χ4v) is 3.64. The Kier molecular flexibility index (Phi) is 4.45. The number of fused-ring (bicyclic) bond motifs is 1. The predicted octanol–water partition coefficient (Wildman–Crippen LogP) is 4.83. The zero-order valence-corrected chi connectivity index (χ0v) is 15.2. The minimum Gasteiger partial charge on any atom is -0.326 e. The molecule has 0 unspecified atom stereocenters. The van der Waals surface area contributed by atoms with Gasteiger partial charge in [-0.05, 0) is 19.1 Å². The van der Waals surface area contributed by atoms with Crippen LogP contribution in [0.25, 0.3) is 16.2 Å². The van der Waals surface area contributed by atoms with Crippen molar-refractivity contribution in [3.63, 3.8) is 0 Å². The van der Waals surface area contributed by atoms with Crippen LogP contribution in [0.2, 0.25) is 0 Å². The van der Waals surface area contributed by atoms with Crippen LogP contribution in [0.4, 0.5) is 14.5 Å². The van der Waals surface area contributed by atoms with E-state index in [0.717, 1.165) is 34.0 Å². The molecule has 27 heavy (non-hydrogen) atoms. The number of hydrogen-bond acceptors (Lipinski definition) is 3. The van der Waals surface area contributed by atoms with Crippen LogP contribution in [-0.2, 0) is 11.2 Å². The third-order valence-electron chi connectivity index (χ3n) is 4.18. The molecule has 2 aromatic heterocycles. The molecule has 136 valence electrons. The van der Waals surface area contributed by atoms with Gasteiger partial charge in [-0.1, -0.05) is 29.8 Å². The van der Waals surface area contributed by atoms with E-state index in [0.29, 0.717) is 0 Å². The molecule has 0 spiro atoms. The maximum atomic E-state index is 13.3. The number of rotatable bonds is 4. The lowest BCUT2D eigenvalue weighted by molar-refractivity contribution is -0.115. The fraction of sp³-hybridized carbons (Fsp3) is 0.100. The van der Waals surface area contributed by atoms with E-state index in [2.05, 4.69) is 10.3 Å². The molecular formula is C20H15F2N3OS. The highest BCUT2D eigenvalue weighted by atomic mass is 32.1. The molecule has 4 rings (SSSR count). The number of amides is 1. The highest BCUT2D eigenvalue weighted by Gasteiger charge is 2.13. The van der Waals surface area contributed by atoms with E-state index in [1.165, 1.54) is 23.0 Å². The number of aromatic nitrogens is 2. The number of nitrogens with one attached hydrogen (secondary N) is 1. The van der Waals surface area contributed by atoms with E-state index in [9.17, 15) is 13.6 Å². The van der Waals surface area contributed by atoms with Crippen molar-refractivity contribution < 1.29 is 13.6 Å². The average molecular weight is 383 g/mol. The predicted molar refractivity (Wildman–Crippen MR) is 102 cm³/mol. The van der Waals surface area contributed by atoms with Crippen LogP contribution in [0.5, 0.6) is 0 Å². The van der Waals surface area contributed by atoms with Gasteiger partial charge in [0.2, 0.25) is 5.91 Å². The van der Waals surface area contributed by atoms with Crippen molar-refractivity contribution in [2.45, 2.75) is 13.3 Å². The quantitative estimate of drug-likeness (QED) is 0.549. The smallest absolute Gasteiger partial charge is 0.230 e. The van der Waals surface area contributed by atoms with Crippen molar-refractivity contribution >= 4 is 27.9 Å². The monoisotopic (exact) mass is 383 g/mol. The molecule has 0 saturated heterocycles. The van der Waals surface area contributed by atoms with E-state index in [-0.39, 0.29) is 18.0 Å². The number of imidazole rings is 1. The number of anilines is 1. The van der Waals surface area contributed by atoms with Crippen LogP contribution in [0.15, 0.2) is 54.0 Å². The summed E-state index contributed by atoms with van der Waals surface area (Å²) < 4.78 is 28.1. The van der Waals surface area contributed by atoms with Crippen LogP contribution in [0.3, 0.4) is 0 Å². The second kappa shape index (κ2) is 6.92. The molecule has 0 fully saturated rings. The van der Waals surface area contributed by atoms with Gasteiger partial charge in [-0.3, -0.25) is 9.20 Å². The van der Waals surface area contributed by atoms with Crippen LogP contribution < -0.4 is 5.32 Å². The molecule has 0 aliphatic heterocycles. The molecule has 0 saturated carbocycles. The molecule has 4 aromatic rings. The molecule has 2 aromatic carbocycles. The van der Waals surface area contributed by atoms with Gasteiger partial charge in [-0.15, -0.1) is 11.3 Å². The maximum Gasteiger partial charge on any atom is 0.230 e. The number of aryl methyl sites for hydroxylation is 1. The molecule has 4 nitrogen and oxygen atoms in total. The van der Waals surface area contributed by atoms with Gasteiger partial charge in [0.25, 0.3) is 0 Å². The Morgan fingerprint density at radius 1 is 1.15 bits per heavy atom. The lowest BCUT2D eigenvalue weighted by atomic mass is 10.1. The van der Waals surface area contributed by atoms with E-state index < -0.39 is 11.6 Å². The van der Waals surface area contributed by atoms with Crippen LogP contribution in [-0.4, -0.2) is 15.3 Å². The van der Waals surface area contributed by atoms with Gasteiger partial charge in [0.15, 0.2) is 16.6 Å². The molecule has 1 N–H and O–H groups in total. The van der Waals surface area contributed by atoms with E-state index in [1.807, 2.05) is 47.2 Å². The summed E-state index contributed by atoms with van der Waals surface area (Å²) in [7, 11) is 0. The van der Waals surface area contributed by atoms with Gasteiger partial charge < -0.3 is 5.32 Å².